The van der Waals surface area contributed by atoms with Crippen LogP contribution in [-0.2, 0) is 4.79 Å². The number of hydrogen-bond acceptors (Lipinski definition) is 3. The lowest BCUT2D eigenvalue weighted by Gasteiger charge is -2.10. The van der Waals surface area contributed by atoms with Crippen molar-refractivity contribution >= 4 is 18.0 Å². The molecule has 0 aliphatic carbocycles. The number of aromatic nitrogens is 1. The quantitative estimate of drug-likeness (QED) is 0.791. The SMILES string of the molecule is CCC(C)C(=O)Nc1cc(C=O)cc(C)n1. The first-order chi connectivity index (χ1) is 7.56. The second-order valence-corrected chi connectivity index (χ2v) is 3.84. The minimum Gasteiger partial charge on any atom is -0.310 e. The van der Waals surface area contributed by atoms with Crippen LogP contribution in [0.5, 0.6) is 0 Å². The number of hydrogen-bond donors (Lipinski definition) is 1. The van der Waals surface area contributed by atoms with E-state index in [1.165, 1.54) is 0 Å². The molecule has 1 atom stereocenters. The third-order valence-corrected chi connectivity index (χ3v) is 2.42. The van der Waals surface area contributed by atoms with Crippen LogP contribution < -0.4 is 5.32 Å². The zero-order valence-electron chi connectivity index (χ0n) is 9.78. The summed E-state index contributed by atoms with van der Waals surface area (Å²) in [4.78, 5) is 26.4. The van der Waals surface area contributed by atoms with Crippen LogP contribution in [0.25, 0.3) is 0 Å². The van der Waals surface area contributed by atoms with Crippen LogP contribution in [0.2, 0.25) is 0 Å². The van der Waals surface area contributed by atoms with Gasteiger partial charge in [-0.05, 0) is 25.5 Å². The maximum absolute atomic E-state index is 11.6. The van der Waals surface area contributed by atoms with E-state index in [4.69, 9.17) is 0 Å². The second-order valence-electron chi connectivity index (χ2n) is 3.84. The molecule has 1 aromatic rings. The zero-order valence-corrected chi connectivity index (χ0v) is 9.78. The van der Waals surface area contributed by atoms with Gasteiger partial charge in [0.2, 0.25) is 5.91 Å². The number of pyridine rings is 1. The number of aldehydes is 1. The maximum Gasteiger partial charge on any atom is 0.228 e. The first kappa shape index (κ1) is 12.4. The molecule has 0 saturated carbocycles. The highest BCUT2D eigenvalue weighted by molar-refractivity contribution is 5.92. The summed E-state index contributed by atoms with van der Waals surface area (Å²) in [6.45, 7) is 5.59. The molecule has 0 aliphatic heterocycles. The summed E-state index contributed by atoms with van der Waals surface area (Å²) in [7, 11) is 0. The second kappa shape index (κ2) is 5.39. The van der Waals surface area contributed by atoms with E-state index in [-0.39, 0.29) is 11.8 Å². The number of aryl methyl sites for hydroxylation is 1. The van der Waals surface area contributed by atoms with Crippen molar-refractivity contribution in [3.05, 3.63) is 23.4 Å². The summed E-state index contributed by atoms with van der Waals surface area (Å²) in [5, 5.41) is 2.70. The molecule has 1 heterocycles. The van der Waals surface area contributed by atoms with E-state index < -0.39 is 0 Å². The fourth-order valence-corrected chi connectivity index (χ4v) is 1.26. The Balaban J connectivity index is 2.84. The smallest absolute Gasteiger partial charge is 0.228 e. The van der Waals surface area contributed by atoms with Gasteiger partial charge in [0.15, 0.2) is 0 Å². The highest BCUT2D eigenvalue weighted by Gasteiger charge is 2.11. The largest absolute Gasteiger partial charge is 0.310 e. The molecule has 0 fully saturated rings. The molecule has 1 rings (SSSR count). The molecule has 86 valence electrons. The number of anilines is 1. The van der Waals surface area contributed by atoms with Crippen LogP contribution in [0, 0.1) is 12.8 Å². The predicted octanol–water partition coefficient (Wildman–Crippen LogP) is 2.19. The summed E-state index contributed by atoms with van der Waals surface area (Å²) in [5.74, 6) is 0.312. The fourth-order valence-electron chi connectivity index (χ4n) is 1.26. The minimum absolute atomic E-state index is 0.0537. The highest BCUT2D eigenvalue weighted by Crippen LogP contribution is 2.11. The van der Waals surface area contributed by atoms with E-state index in [2.05, 4.69) is 10.3 Å². The predicted molar refractivity (Wildman–Crippen MR) is 62.4 cm³/mol. The molecule has 4 heteroatoms. The molecule has 0 saturated heterocycles. The van der Waals surface area contributed by atoms with Gasteiger partial charge < -0.3 is 5.32 Å². The molecule has 1 aromatic heterocycles. The van der Waals surface area contributed by atoms with Crippen molar-refractivity contribution in [3.63, 3.8) is 0 Å². The molecule has 16 heavy (non-hydrogen) atoms. The molecule has 0 radical (unpaired) electrons. The lowest BCUT2D eigenvalue weighted by atomic mass is 10.1. The van der Waals surface area contributed by atoms with Crippen molar-refractivity contribution < 1.29 is 9.59 Å². The first-order valence-corrected chi connectivity index (χ1v) is 5.31. The molecule has 1 N–H and O–H groups in total. The lowest BCUT2D eigenvalue weighted by Crippen LogP contribution is -2.20. The summed E-state index contributed by atoms with van der Waals surface area (Å²) < 4.78 is 0. The van der Waals surface area contributed by atoms with Crippen molar-refractivity contribution in [2.45, 2.75) is 27.2 Å². The third kappa shape index (κ3) is 3.15. The van der Waals surface area contributed by atoms with Gasteiger partial charge in [0.25, 0.3) is 0 Å². The Morgan fingerprint density at radius 3 is 2.81 bits per heavy atom. The molecule has 1 unspecified atom stereocenters. The Morgan fingerprint density at radius 2 is 2.25 bits per heavy atom. The number of carbonyl (C=O) groups is 2. The summed E-state index contributed by atoms with van der Waals surface area (Å²) in [6.07, 6.45) is 1.52. The Labute approximate surface area is 95.1 Å². The summed E-state index contributed by atoms with van der Waals surface area (Å²) >= 11 is 0. The normalized spacial score (nSPS) is 11.9. The molecule has 0 aromatic carbocycles. The number of carbonyl (C=O) groups excluding carboxylic acids is 2. The molecular formula is C12H16N2O2. The van der Waals surface area contributed by atoms with E-state index in [9.17, 15) is 9.59 Å². The van der Waals surface area contributed by atoms with E-state index in [0.29, 0.717) is 17.1 Å². The standard InChI is InChI=1S/C12H16N2O2/c1-4-8(2)12(16)14-11-6-10(7-15)5-9(3)13-11/h5-8H,4H2,1-3H3,(H,13,14,16). The summed E-state index contributed by atoms with van der Waals surface area (Å²) in [6, 6.07) is 3.24. The van der Waals surface area contributed by atoms with E-state index in [1.54, 1.807) is 19.1 Å². The monoisotopic (exact) mass is 220 g/mol. The summed E-state index contributed by atoms with van der Waals surface area (Å²) in [5.41, 5.74) is 1.23. The van der Waals surface area contributed by atoms with Crippen molar-refractivity contribution in [2.75, 3.05) is 5.32 Å². The van der Waals surface area contributed by atoms with Gasteiger partial charge in [0.05, 0.1) is 0 Å². The third-order valence-electron chi connectivity index (χ3n) is 2.42. The number of nitrogens with one attached hydrogen (secondary N) is 1. The molecule has 0 aliphatic rings. The van der Waals surface area contributed by atoms with Gasteiger partial charge in [-0.3, -0.25) is 9.59 Å². The van der Waals surface area contributed by atoms with Crippen LogP contribution in [0.1, 0.15) is 36.3 Å². The Hall–Kier alpha value is -1.71. The number of rotatable bonds is 4. The van der Waals surface area contributed by atoms with Crippen LogP contribution >= 0.6 is 0 Å². The van der Waals surface area contributed by atoms with Crippen molar-refractivity contribution in [1.29, 1.82) is 0 Å². The van der Waals surface area contributed by atoms with Crippen molar-refractivity contribution in [2.24, 2.45) is 5.92 Å². The fraction of sp³-hybridized carbons (Fsp3) is 0.417. The maximum atomic E-state index is 11.6. The van der Waals surface area contributed by atoms with Gasteiger partial charge in [-0.2, -0.15) is 0 Å². The lowest BCUT2D eigenvalue weighted by molar-refractivity contribution is -0.119. The van der Waals surface area contributed by atoms with Crippen LogP contribution in [0.3, 0.4) is 0 Å². The first-order valence-electron chi connectivity index (χ1n) is 5.31. The number of nitrogens with zero attached hydrogens (tertiary/aromatic N) is 1. The number of amides is 1. The van der Waals surface area contributed by atoms with E-state index >= 15 is 0 Å². The highest BCUT2D eigenvalue weighted by atomic mass is 16.2. The topological polar surface area (TPSA) is 59.1 Å². The van der Waals surface area contributed by atoms with Gasteiger partial charge in [-0.1, -0.05) is 13.8 Å². The van der Waals surface area contributed by atoms with E-state index in [0.717, 1.165) is 12.7 Å². The molecule has 4 nitrogen and oxygen atoms in total. The Kier molecular flexibility index (Phi) is 4.17. The van der Waals surface area contributed by atoms with Crippen LogP contribution in [-0.4, -0.2) is 17.2 Å². The zero-order chi connectivity index (χ0) is 12.1. The van der Waals surface area contributed by atoms with Crippen molar-refractivity contribution in [3.8, 4) is 0 Å². The van der Waals surface area contributed by atoms with Gasteiger partial charge in [-0.15, -0.1) is 0 Å². The minimum atomic E-state index is -0.0718. The Morgan fingerprint density at radius 1 is 1.56 bits per heavy atom. The molecular weight excluding hydrogens is 204 g/mol. The van der Waals surface area contributed by atoms with Gasteiger partial charge >= 0.3 is 0 Å². The average Bonchev–Trinajstić information content (AvgIpc) is 2.26. The van der Waals surface area contributed by atoms with Crippen LogP contribution in [0.15, 0.2) is 12.1 Å². The van der Waals surface area contributed by atoms with E-state index in [1.807, 2.05) is 13.8 Å². The van der Waals surface area contributed by atoms with Gasteiger partial charge in [0.1, 0.15) is 12.1 Å². The average molecular weight is 220 g/mol. The van der Waals surface area contributed by atoms with Gasteiger partial charge in [0, 0.05) is 17.2 Å². The Bertz CT molecular complexity index is 402. The molecule has 0 spiro atoms. The molecule has 0 bridgehead atoms. The van der Waals surface area contributed by atoms with Gasteiger partial charge in [-0.25, -0.2) is 4.98 Å². The van der Waals surface area contributed by atoms with Crippen LogP contribution in [0.4, 0.5) is 5.82 Å². The molecule has 1 amide bonds. The van der Waals surface area contributed by atoms with Crippen molar-refractivity contribution in [1.82, 2.24) is 4.98 Å².